The number of rotatable bonds is 1. The molecule has 0 spiro atoms. The van der Waals surface area contributed by atoms with E-state index in [-0.39, 0.29) is 12.0 Å². The molecule has 18 heavy (non-hydrogen) atoms. The minimum atomic E-state index is -0.181. The first-order chi connectivity index (χ1) is 8.41. The first-order valence-electron chi connectivity index (χ1n) is 7.23. The Labute approximate surface area is 111 Å². The van der Waals surface area contributed by atoms with Gasteiger partial charge in [-0.25, -0.2) is 0 Å². The average molecular weight is 250 g/mol. The summed E-state index contributed by atoms with van der Waals surface area (Å²) in [6.45, 7) is 8.64. The molecule has 1 saturated heterocycles. The highest BCUT2D eigenvalue weighted by Crippen LogP contribution is 2.42. The molecule has 1 heterocycles. The van der Waals surface area contributed by atoms with Crippen molar-refractivity contribution < 1.29 is 5.11 Å². The van der Waals surface area contributed by atoms with Gasteiger partial charge in [-0.15, -0.1) is 0 Å². The molecule has 2 fully saturated rings. The largest absolute Gasteiger partial charge is 0.392 e. The lowest BCUT2D eigenvalue weighted by Crippen LogP contribution is -2.45. The van der Waals surface area contributed by atoms with Gasteiger partial charge in [0.25, 0.3) is 0 Å². The average Bonchev–Trinajstić information content (AvgIpc) is 2.73. The van der Waals surface area contributed by atoms with Crippen LogP contribution in [0.5, 0.6) is 0 Å². The molecule has 0 aromatic rings. The molecule has 0 aromatic heterocycles. The maximum atomic E-state index is 9.69. The van der Waals surface area contributed by atoms with Gasteiger partial charge in [-0.2, -0.15) is 5.26 Å². The first kappa shape index (κ1) is 13.8. The van der Waals surface area contributed by atoms with Gasteiger partial charge in [0.2, 0.25) is 0 Å². The third-order valence-electron chi connectivity index (χ3n) is 4.87. The Morgan fingerprint density at radius 1 is 1.22 bits per heavy atom. The highest BCUT2D eigenvalue weighted by molar-refractivity contribution is 5.00. The number of β-amino-alcohol motifs (C(OH)–C–C–N with tert-alkyl or cyclic N) is 1. The monoisotopic (exact) mass is 250 g/mol. The standard InChI is InChI=1S/C15H26N2O/c1-15(2,3)12-5-4-11(9-16)14(8-12)17-7-6-13(18)10-17/h11-14,18H,4-8,10H2,1-3H3. The number of nitriles is 1. The molecule has 1 saturated carbocycles. The van der Waals surface area contributed by atoms with E-state index in [1.54, 1.807) is 0 Å². The SMILES string of the molecule is CC(C)(C)C1CCC(C#N)C(N2CCC(O)C2)C1. The van der Waals surface area contributed by atoms with Crippen LogP contribution in [0.1, 0.15) is 46.5 Å². The molecular formula is C15H26N2O. The quantitative estimate of drug-likeness (QED) is 0.777. The van der Waals surface area contributed by atoms with Crippen LogP contribution in [0.4, 0.5) is 0 Å². The predicted molar refractivity (Wildman–Crippen MR) is 71.9 cm³/mol. The smallest absolute Gasteiger partial charge is 0.0679 e. The molecule has 0 amide bonds. The summed E-state index contributed by atoms with van der Waals surface area (Å²) in [7, 11) is 0. The molecule has 3 heteroatoms. The van der Waals surface area contributed by atoms with Gasteiger partial charge in [0.15, 0.2) is 0 Å². The maximum Gasteiger partial charge on any atom is 0.0679 e. The van der Waals surface area contributed by atoms with E-state index >= 15 is 0 Å². The van der Waals surface area contributed by atoms with Gasteiger partial charge in [0, 0.05) is 19.1 Å². The Morgan fingerprint density at radius 3 is 2.44 bits per heavy atom. The van der Waals surface area contributed by atoms with Gasteiger partial charge in [0.05, 0.1) is 18.1 Å². The molecule has 4 unspecified atom stereocenters. The fourth-order valence-corrected chi connectivity index (χ4v) is 3.56. The zero-order chi connectivity index (χ0) is 13.3. The lowest BCUT2D eigenvalue weighted by Gasteiger charge is -2.43. The maximum absolute atomic E-state index is 9.69. The van der Waals surface area contributed by atoms with Crippen LogP contribution in [-0.4, -0.2) is 35.2 Å². The van der Waals surface area contributed by atoms with Crippen molar-refractivity contribution in [3.8, 4) is 6.07 Å². The number of likely N-dealkylation sites (tertiary alicyclic amines) is 1. The van der Waals surface area contributed by atoms with Crippen molar-refractivity contribution in [3.05, 3.63) is 0 Å². The van der Waals surface area contributed by atoms with Crippen molar-refractivity contribution in [1.29, 1.82) is 5.26 Å². The molecule has 3 nitrogen and oxygen atoms in total. The second-order valence-corrected chi connectivity index (χ2v) is 7.12. The van der Waals surface area contributed by atoms with E-state index in [1.807, 2.05) is 0 Å². The van der Waals surface area contributed by atoms with Crippen molar-refractivity contribution in [1.82, 2.24) is 4.90 Å². The van der Waals surface area contributed by atoms with Gasteiger partial charge < -0.3 is 5.11 Å². The number of aliphatic hydroxyl groups excluding tert-OH is 1. The third kappa shape index (κ3) is 2.87. The second kappa shape index (κ2) is 5.19. The van der Waals surface area contributed by atoms with Crippen molar-refractivity contribution in [3.63, 3.8) is 0 Å². The molecule has 0 radical (unpaired) electrons. The normalized spacial score (nSPS) is 38.6. The van der Waals surface area contributed by atoms with Crippen LogP contribution in [0.25, 0.3) is 0 Å². The van der Waals surface area contributed by atoms with Gasteiger partial charge in [0.1, 0.15) is 0 Å². The van der Waals surface area contributed by atoms with Gasteiger partial charge >= 0.3 is 0 Å². The summed E-state index contributed by atoms with van der Waals surface area (Å²) >= 11 is 0. The van der Waals surface area contributed by atoms with Crippen LogP contribution in [0.2, 0.25) is 0 Å². The highest BCUT2D eigenvalue weighted by Gasteiger charge is 2.40. The van der Waals surface area contributed by atoms with Crippen molar-refractivity contribution >= 4 is 0 Å². The summed E-state index contributed by atoms with van der Waals surface area (Å²) in [6.07, 6.45) is 4.01. The Kier molecular flexibility index (Phi) is 3.99. The highest BCUT2D eigenvalue weighted by atomic mass is 16.3. The summed E-state index contributed by atoms with van der Waals surface area (Å²) in [6, 6.07) is 2.86. The van der Waals surface area contributed by atoms with Gasteiger partial charge in [-0.05, 0) is 37.0 Å². The molecule has 0 bridgehead atoms. The molecule has 1 aliphatic carbocycles. The summed E-state index contributed by atoms with van der Waals surface area (Å²) in [5, 5.41) is 19.0. The number of hydrogen-bond donors (Lipinski definition) is 1. The Hall–Kier alpha value is -0.590. The van der Waals surface area contributed by atoms with E-state index in [1.165, 1.54) is 6.42 Å². The molecule has 2 rings (SSSR count). The lowest BCUT2D eigenvalue weighted by molar-refractivity contribution is 0.0650. The number of aliphatic hydroxyl groups is 1. The van der Waals surface area contributed by atoms with Crippen molar-refractivity contribution in [2.45, 2.75) is 58.6 Å². The van der Waals surface area contributed by atoms with E-state index in [0.717, 1.165) is 32.4 Å². The van der Waals surface area contributed by atoms with Crippen LogP contribution >= 0.6 is 0 Å². The number of nitrogens with zero attached hydrogens (tertiary/aromatic N) is 2. The van der Waals surface area contributed by atoms with Crippen LogP contribution < -0.4 is 0 Å². The molecule has 2 aliphatic rings. The first-order valence-corrected chi connectivity index (χ1v) is 7.23. The number of hydrogen-bond acceptors (Lipinski definition) is 3. The molecule has 102 valence electrons. The zero-order valence-electron chi connectivity index (χ0n) is 11.9. The summed E-state index contributed by atoms with van der Waals surface area (Å²) in [5.41, 5.74) is 0.330. The fraction of sp³-hybridized carbons (Fsp3) is 0.933. The fourth-order valence-electron chi connectivity index (χ4n) is 3.56. The summed E-state index contributed by atoms with van der Waals surface area (Å²) < 4.78 is 0. The molecule has 1 N–H and O–H groups in total. The topological polar surface area (TPSA) is 47.3 Å². The van der Waals surface area contributed by atoms with Crippen molar-refractivity contribution in [2.75, 3.05) is 13.1 Å². The molecular weight excluding hydrogens is 224 g/mol. The van der Waals surface area contributed by atoms with E-state index in [4.69, 9.17) is 0 Å². The predicted octanol–water partition coefficient (Wildman–Crippen LogP) is 2.41. The molecule has 1 aliphatic heterocycles. The van der Waals surface area contributed by atoms with Gasteiger partial charge in [-0.1, -0.05) is 20.8 Å². The lowest BCUT2D eigenvalue weighted by atomic mass is 9.68. The van der Waals surface area contributed by atoms with E-state index in [0.29, 0.717) is 17.4 Å². The minimum absolute atomic E-state index is 0.161. The van der Waals surface area contributed by atoms with Crippen LogP contribution in [-0.2, 0) is 0 Å². The van der Waals surface area contributed by atoms with Crippen LogP contribution in [0.15, 0.2) is 0 Å². The Morgan fingerprint density at radius 2 is 1.94 bits per heavy atom. The summed E-state index contributed by atoms with van der Waals surface area (Å²) in [5.74, 6) is 0.860. The molecule has 4 atom stereocenters. The molecule has 0 aromatic carbocycles. The van der Waals surface area contributed by atoms with Crippen molar-refractivity contribution in [2.24, 2.45) is 17.3 Å². The van der Waals surface area contributed by atoms with Crippen LogP contribution in [0, 0.1) is 28.6 Å². The van der Waals surface area contributed by atoms with Gasteiger partial charge in [-0.3, -0.25) is 4.90 Å². The second-order valence-electron chi connectivity index (χ2n) is 7.12. The Balaban J connectivity index is 2.07. The summed E-state index contributed by atoms with van der Waals surface area (Å²) in [4.78, 5) is 2.36. The minimum Gasteiger partial charge on any atom is -0.392 e. The van der Waals surface area contributed by atoms with E-state index in [2.05, 4.69) is 31.7 Å². The Bertz CT molecular complexity index is 328. The zero-order valence-corrected chi connectivity index (χ0v) is 11.9. The third-order valence-corrected chi connectivity index (χ3v) is 4.87. The van der Waals surface area contributed by atoms with E-state index in [9.17, 15) is 10.4 Å². The van der Waals surface area contributed by atoms with Crippen LogP contribution in [0.3, 0.4) is 0 Å². The van der Waals surface area contributed by atoms with E-state index < -0.39 is 0 Å².